The minimum absolute atomic E-state index is 0.170. The van der Waals surface area contributed by atoms with E-state index in [1.807, 2.05) is 6.07 Å². The molecule has 1 N–H and O–H groups in total. The molecule has 0 spiro atoms. The van der Waals surface area contributed by atoms with E-state index in [4.69, 9.17) is 4.74 Å². The van der Waals surface area contributed by atoms with Gasteiger partial charge in [0.2, 0.25) is 0 Å². The summed E-state index contributed by atoms with van der Waals surface area (Å²) < 4.78 is 20.7. The zero-order chi connectivity index (χ0) is 25.8. The summed E-state index contributed by atoms with van der Waals surface area (Å²) in [6.07, 6.45) is 5.89. The van der Waals surface area contributed by atoms with Gasteiger partial charge in [0.15, 0.2) is 0 Å². The molecule has 5 heteroatoms. The van der Waals surface area contributed by atoms with E-state index in [9.17, 15) is 4.39 Å². The molecule has 0 bridgehead atoms. The molecular formula is C31H45FN2OSi. The summed E-state index contributed by atoms with van der Waals surface area (Å²) in [5.41, 5.74) is 3.92. The molecule has 0 amide bonds. The number of halogens is 1. The zero-order valence-electron chi connectivity index (χ0n) is 23.0. The Balaban J connectivity index is 1.45. The SMILES string of the molecule is CC[Si](CC)(CC)c1[nH]c2ccc(F)cc2c1COCC1CCC(Cc2ccccc2)(N(C)C)CC1. The van der Waals surface area contributed by atoms with Gasteiger partial charge >= 0.3 is 0 Å². The van der Waals surface area contributed by atoms with Gasteiger partial charge in [-0.25, -0.2) is 4.39 Å². The predicted octanol–water partition coefficient (Wildman–Crippen LogP) is 7.27. The van der Waals surface area contributed by atoms with Gasteiger partial charge in [0.25, 0.3) is 0 Å². The molecule has 1 aromatic heterocycles. The average Bonchev–Trinajstić information content (AvgIpc) is 3.25. The van der Waals surface area contributed by atoms with Gasteiger partial charge in [-0.2, -0.15) is 0 Å². The van der Waals surface area contributed by atoms with Crippen LogP contribution in [0.25, 0.3) is 10.9 Å². The molecule has 1 heterocycles. The molecule has 1 fully saturated rings. The van der Waals surface area contributed by atoms with E-state index in [2.05, 4.69) is 75.1 Å². The van der Waals surface area contributed by atoms with Gasteiger partial charge in [-0.15, -0.1) is 0 Å². The summed E-state index contributed by atoms with van der Waals surface area (Å²) in [6, 6.07) is 19.7. The van der Waals surface area contributed by atoms with Gasteiger partial charge in [-0.3, -0.25) is 0 Å². The maximum atomic E-state index is 14.2. The molecule has 2 aromatic carbocycles. The number of aromatic amines is 1. The Labute approximate surface area is 218 Å². The number of aromatic nitrogens is 1. The van der Waals surface area contributed by atoms with Gasteiger partial charge in [0.05, 0.1) is 6.61 Å². The van der Waals surface area contributed by atoms with E-state index in [1.165, 1.54) is 60.3 Å². The van der Waals surface area contributed by atoms with Crippen molar-refractivity contribution in [1.29, 1.82) is 0 Å². The fourth-order valence-electron chi connectivity index (χ4n) is 6.57. The van der Waals surface area contributed by atoms with E-state index in [0.29, 0.717) is 12.5 Å². The molecule has 196 valence electrons. The molecule has 3 nitrogen and oxygen atoms in total. The zero-order valence-corrected chi connectivity index (χ0v) is 24.0. The maximum absolute atomic E-state index is 14.2. The summed E-state index contributed by atoms with van der Waals surface area (Å²) >= 11 is 0. The number of H-pyrrole nitrogens is 1. The van der Waals surface area contributed by atoms with Gasteiger partial charge < -0.3 is 14.6 Å². The highest BCUT2D eigenvalue weighted by molar-refractivity contribution is 6.91. The van der Waals surface area contributed by atoms with Gasteiger partial charge in [0, 0.05) is 33.9 Å². The van der Waals surface area contributed by atoms with Crippen LogP contribution in [-0.2, 0) is 17.8 Å². The van der Waals surface area contributed by atoms with Gasteiger partial charge in [-0.05, 0) is 75.9 Å². The van der Waals surface area contributed by atoms with Crippen LogP contribution in [0.1, 0.15) is 57.6 Å². The molecule has 36 heavy (non-hydrogen) atoms. The molecule has 1 aliphatic rings. The molecule has 1 saturated carbocycles. The van der Waals surface area contributed by atoms with Crippen molar-refractivity contribution in [3.05, 3.63) is 65.5 Å². The number of nitrogens with one attached hydrogen (secondary N) is 1. The molecule has 0 aliphatic heterocycles. The van der Waals surface area contributed by atoms with Crippen LogP contribution in [0.15, 0.2) is 48.5 Å². The van der Waals surface area contributed by atoms with Crippen LogP contribution in [0.4, 0.5) is 4.39 Å². The smallest absolute Gasteiger partial charge is 0.123 e. The van der Waals surface area contributed by atoms with Crippen LogP contribution in [0.5, 0.6) is 0 Å². The normalized spacial score (nSPS) is 20.9. The van der Waals surface area contributed by atoms with Crippen molar-refractivity contribution < 1.29 is 9.13 Å². The number of hydrogen-bond acceptors (Lipinski definition) is 2. The Bertz CT molecular complexity index is 1110. The summed E-state index contributed by atoms with van der Waals surface area (Å²) in [5.74, 6) is 0.418. The van der Waals surface area contributed by atoms with Crippen molar-refractivity contribution in [2.24, 2.45) is 5.92 Å². The lowest BCUT2D eigenvalue weighted by Crippen LogP contribution is -2.49. The van der Waals surface area contributed by atoms with Crippen LogP contribution in [0.3, 0.4) is 0 Å². The summed E-state index contributed by atoms with van der Waals surface area (Å²) in [7, 11) is 2.82. The Morgan fingerprint density at radius 3 is 2.28 bits per heavy atom. The largest absolute Gasteiger partial charge is 0.376 e. The van der Waals surface area contributed by atoms with Gasteiger partial charge in [-0.1, -0.05) is 69.2 Å². The lowest BCUT2D eigenvalue weighted by atomic mass is 9.73. The third-order valence-electron chi connectivity index (χ3n) is 9.39. The van der Waals surface area contributed by atoms with Crippen LogP contribution in [0, 0.1) is 11.7 Å². The number of ether oxygens (including phenoxy) is 1. The first-order valence-corrected chi connectivity index (χ1v) is 16.6. The molecule has 0 saturated heterocycles. The van der Waals surface area contributed by atoms with Crippen molar-refractivity contribution in [3.8, 4) is 0 Å². The lowest BCUT2D eigenvalue weighted by molar-refractivity contribution is 0.0310. The second-order valence-corrected chi connectivity index (χ2v) is 16.4. The summed E-state index contributed by atoms with van der Waals surface area (Å²) in [6.45, 7) is 8.33. The molecule has 0 radical (unpaired) electrons. The van der Waals surface area contributed by atoms with E-state index in [1.54, 1.807) is 12.1 Å². The standard InChI is InChI=1S/C31H45FN2OSi/c1-6-36(7-2,8-3)30-28(27-20-26(32)14-15-29(27)33-30)23-35-22-25-16-18-31(19-17-25,34(4)5)21-24-12-10-9-11-13-24/h9-15,20,25,33H,6-8,16-19,21-23H2,1-5H3. The van der Waals surface area contributed by atoms with Crippen molar-refractivity contribution in [2.75, 3.05) is 20.7 Å². The number of likely N-dealkylation sites (N-methyl/N-ethyl adjacent to an activating group) is 1. The Morgan fingerprint density at radius 1 is 1.00 bits per heavy atom. The topological polar surface area (TPSA) is 28.3 Å². The van der Waals surface area contributed by atoms with E-state index in [0.717, 1.165) is 23.9 Å². The Hall–Kier alpha value is -1.95. The highest BCUT2D eigenvalue weighted by Gasteiger charge is 2.38. The molecule has 0 atom stereocenters. The quantitative estimate of drug-likeness (QED) is 0.276. The van der Waals surface area contributed by atoms with Crippen LogP contribution in [-0.4, -0.2) is 44.2 Å². The van der Waals surface area contributed by atoms with Crippen LogP contribution >= 0.6 is 0 Å². The molecular weight excluding hydrogens is 463 g/mol. The first kappa shape index (κ1) is 27.1. The van der Waals surface area contributed by atoms with Crippen molar-refractivity contribution in [1.82, 2.24) is 9.88 Å². The molecule has 1 aliphatic carbocycles. The molecule has 3 aromatic rings. The Morgan fingerprint density at radius 2 is 1.67 bits per heavy atom. The van der Waals surface area contributed by atoms with E-state index < -0.39 is 8.07 Å². The first-order chi connectivity index (χ1) is 17.4. The predicted molar refractivity (Wildman–Crippen MR) is 153 cm³/mol. The fraction of sp³-hybridized carbons (Fsp3) is 0.548. The minimum atomic E-state index is -1.66. The van der Waals surface area contributed by atoms with E-state index in [-0.39, 0.29) is 11.4 Å². The van der Waals surface area contributed by atoms with Gasteiger partial charge in [0.1, 0.15) is 13.9 Å². The molecule has 0 unspecified atom stereocenters. The number of benzene rings is 2. The number of fused-ring (bicyclic) bond motifs is 1. The number of hydrogen-bond donors (Lipinski definition) is 1. The lowest BCUT2D eigenvalue weighted by Gasteiger charge is -2.45. The monoisotopic (exact) mass is 508 g/mol. The fourth-order valence-corrected chi connectivity index (χ4v) is 10.4. The van der Waals surface area contributed by atoms with Crippen LogP contribution < -0.4 is 5.32 Å². The molecule has 4 rings (SSSR count). The highest BCUT2D eigenvalue weighted by Crippen LogP contribution is 2.38. The number of rotatable bonds is 11. The Kier molecular flexibility index (Phi) is 8.74. The third-order valence-corrected chi connectivity index (χ3v) is 14.9. The van der Waals surface area contributed by atoms with Crippen molar-refractivity contribution in [3.63, 3.8) is 0 Å². The second-order valence-electron chi connectivity index (χ2n) is 11.2. The maximum Gasteiger partial charge on any atom is 0.123 e. The number of nitrogens with zero attached hydrogens (tertiary/aromatic N) is 1. The third kappa shape index (κ3) is 5.48. The van der Waals surface area contributed by atoms with Crippen LogP contribution in [0.2, 0.25) is 18.1 Å². The highest BCUT2D eigenvalue weighted by atomic mass is 28.3. The minimum Gasteiger partial charge on any atom is -0.376 e. The van der Waals surface area contributed by atoms with Crippen molar-refractivity contribution in [2.45, 2.75) is 83.2 Å². The second kappa shape index (κ2) is 11.6. The summed E-state index contributed by atoms with van der Waals surface area (Å²) in [4.78, 5) is 6.18. The first-order valence-electron chi connectivity index (χ1n) is 14.0. The average molecular weight is 509 g/mol. The summed E-state index contributed by atoms with van der Waals surface area (Å²) in [5, 5.41) is 2.39. The van der Waals surface area contributed by atoms with E-state index >= 15 is 0 Å². The van der Waals surface area contributed by atoms with Crippen molar-refractivity contribution >= 4 is 24.3 Å².